The molecule has 0 aliphatic heterocycles. The van der Waals surface area contributed by atoms with E-state index in [9.17, 15) is 35.9 Å². The van der Waals surface area contributed by atoms with Crippen LogP contribution in [0.4, 0.5) is 26.3 Å². The van der Waals surface area contributed by atoms with Crippen LogP contribution in [0.15, 0.2) is 34.9 Å². The van der Waals surface area contributed by atoms with Crippen molar-refractivity contribution >= 4 is 11.9 Å². The molecule has 1 unspecified atom stereocenters. The number of alkyl halides is 6. The third-order valence-corrected chi connectivity index (χ3v) is 2.52. The van der Waals surface area contributed by atoms with E-state index in [4.69, 9.17) is 10.2 Å². The fraction of sp³-hybridized carbons (Fsp3) is 0.273. The molecule has 1 rings (SSSR count). The Morgan fingerprint density at radius 3 is 1.81 bits per heavy atom. The molecular formula is C11H6F6O4. The van der Waals surface area contributed by atoms with Gasteiger partial charge in [0.2, 0.25) is 0 Å². The van der Waals surface area contributed by atoms with Gasteiger partial charge in [0, 0.05) is 0 Å². The first-order valence-corrected chi connectivity index (χ1v) is 5.10. The van der Waals surface area contributed by atoms with E-state index in [2.05, 4.69) is 0 Å². The molecule has 1 atom stereocenters. The molecule has 0 aromatic carbocycles. The van der Waals surface area contributed by atoms with E-state index in [1.165, 1.54) is 0 Å². The maximum Gasteiger partial charge on any atom is 0.421 e. The highest BCUT2D eigenvalue weighted by Crippen LogP contribution is 2.44. The van der Waals surface area contributed by atoms with Gasteiger partial charge in [-0.1, -0.05) is 18.2 Å². The summed E-state index contributed by atoms with van der Waals surface area (Å²) in [4.78, 5) is 21.7. The molecule has 10 heteroatoms. The number of carboxylic acid groups (broad SMARTS) is 2. The van der Waals surface area contributed by atoms with Crippen molar-refractivity contribution in [2.75, 3.05) is 0 Å². The van der Waals surface area contributed by atoms with Crippen LogP contribution < -0.4 is 0 Å². The highest BCUT2D eigenvalue weighted by Gasteiger charge is 2.54. The van der Waals surface area contributed by atoms with E-state index < -0.39 is 46.9 Å². The summed E-state index contributed by atoms with van der Waals surface area (Å²) in [5.41, 5.74) is -5.79. The fourth-order valence-electron chi connectivity index (χ4n) is 1.79. The van der Waals surface area contributed by atoms with E-state index >= 15 is 0 Å². The van der Waals surface area contributed by atoms with Crippen molar-refractivity contribution in [1.82, 2.24) is 0 Å². The zero-order chi connectivity index (χ0) is 16.6. The number of rotatable bonds is 2. The second-order valence-corrected chi connectivity index (χ2v) is 3.88. The summed E-state index contributed by atoms with van der Waals surface area (Å²) in [6.45, 7) is 0. The average molecular weight is 316 g/mol. The summed E-state index contributed by atoms with van der Waals surface area (Å²) in [6, 6.07) is 0. The zero-order valence-electron chi connectivity index (χ0n) is 9.79. The number of hydrogen-bond donors (Lipinski definition) is 2. The van der Waals surface area contributed by atoms with Crippen molar-refractivity contribution < 1.29 is 46.1 Å². The van der Waals surface area contributed by atoms with Gasteiger partial charge < -0.3 is 10.2 Å². The van der Waals surface area contributed by atoms with E-state index in [1.807, 2.05) is 0 Å². The van der Waals surface area contributed by atoms with Crippen LogP contribution in [0.25, 0.3) is 0 Å². The topological polar surface area (TPSA) is 74.6 Å². The Bertz CT molecular complexity index is 548. The van der Waals surface area contributed by atoms with Crippen LogP contribution in [0.3, 0.4) is 0 Å². The molecule has 0 fully saturated rings. The van der Waals surface area contributed by atoms with Crippen molar-refractivity contribution in [3.05, 3.63) is 34.9 Å². The maximum absolute atomic E-state index is 12.6. The Kier molecular flexibility index (Phi) is 4.21. The Morgan fingerprint density at radius 1 is 1.00 bits per heavy atom. The van der Waals surface area contributed by atoms with Crippen LogP contribution in [-0.2, 0) is 9.59 Å². The number of carbonyl (C=O) groups is 2. The van der Waals surface area contributed by atoms with Gasteiger partial charge >= 0.3 is 24.3 Å². The molecule has 0 saturated carbocycles. The second-order valence-electron chi connectivity index (χ2n) is 3.88. The van der Waals surface area contributed by atoms with Crippen LogP contribution in [0.5, 0.6) is 0 Å². The van der Waals surface area contributed by atoms with Gasteiger partial charge in [-0.2, -0.15) is 26.3 Å². The molecule has 0 heterocycles. The number of carboxylic acids is 2. The highest BCUT2D eigenvalue weighted by atomic mass is 19.4. The van der Waals surface area contributed by atoms with Crippen molar-refractivity contribution in [3.63, 3.8) is 0 Å². The van der Waals surface area contributed by atoms with E-state index in [-0.39, 0.29) is 0 Å². The first-order valence-electron chi connectivity index (χ1n) is 5.10. The molecule has 1 aliphatic carbocycles. The van der Waals surface area contributed by atoms with Crippen molar-refractivity contribution in [2.45, 2.75) is 12.4 Å². The molecule has 116 valence electrons. The zero-order valence-corrected chi connectivity index (χ0v) is 9.79. The number of hydrogen-bond acceptors (Lipinski definition) is 2. The van der Waals surface area contributed by atoms with Gasteiger partial charge in [0.25, 0.3) is 0 Å². The smallest absolute Gasteiger partial charge is 0.421 e. The quantitative estimate of drug-likeness (QED) is 0.768. The molecule has 0 amide bonds. The van der Waals surface area contributed by atoms with Gasteiger partial charge in [-0.15, -0.1) is 0 Å². The van der Waals surface area contributed by atoms with Gasteiger partial charge in [-0.05, 0) is 5.57 Å². The Morgan fingerprint density at radius 2 is 1.48 bits per heavy atom. The summed E-state index contributed by atoms with van der Waals surface area (Å²) in [5, 5.41) is 17.5. The molecule has 0 spiro atoms. The SMILES string of the molecule is O=C(O)C1=CC=CC(=C(C(F)(F)F)C(F)(F)F)C1C(=O)O. The predicted molar refractivity (Wildman–Crippen MR) is 55.1 cm³/mol. The van der Waals surface area contributed by atoms with Crippen LogP contribution in [-0.4, -0.2) is 34.5 Å². The highest BCUT2D eigenvalue weighted by molar-refractivity contribution is 5.97. The van der Waals surface area contributed by atoms with Gasteiger partial charge in [0.15, 0.2) is 0 Å². The lowest BCUT2D eigenvalue weighted by molar-refractivity contribution is -0.173. The van der Waals surface area contributed by atoms with Crippen LogP contribution >= 0.6 is 0 Å². The molecule has 2 N–H and O–H groups in total. The predicted octanol–water partition coefficient (Wildman–Crippen LogP) is 2.69. The van der Waals surface area contributed by atoms with Gasteiger partial charge in [-0.3, -0.25) is 4.79 Å². The minimum atomic E-state index is -5.88. The second kappa shape index (κ2) is 5.26. The van der Waals surface area contributed by atoms with E-state index in [0.29, 0.717) is 18.2 Å². The normalized spacial score (nSPS) is 19.2. The average Bonchev–Trinajstić information content (AvgIpc) is 2.23. The van der Waals surface area contributed by atoms with Crippen molar-refractivity contribution in [1.29, 1.82) is 0 Å². The largest absolute Gasteiger partial charge is 0.481 e. The minimum Gasteiger partial charge on any atom is -0.481 e. The fourth-order valence-corrected chi connectivity index (χ4v) is 1.79. The Balaban J connectivity index is 3.67. The van der Waals surface area contributed by atoms with Crippen molar-refractivity contribution in [3.8, 4) is 0 Å². The molecule has 4 nitrogen and oxygen atoms in total. The monoisotopic (exact) mass is 316 g/mol. The van der Waals surface area contributed by atoms with E-state index in [0.717, 1.165) is 0 Å². The van der Waals surface area contributed by atoms with Gasteiger partial charge in [0.05, 0.1) is 5.57 Å². The summed E-state index contributed by atoms with van der Waals surface area (Å²) in [7, 11) is 0. The number of aliphatic carboxylic acids is 2. The molecule has 21 heavy (non-hydrogen) atoms. The summed E-state index contributed by atoms with van der Waals surface area (Å²) in [6.07, 6.45) is -10.2. The number of halogens is 6. The molecule has 0 aromatic heterocycles. The molecule has 0 radical (unpaired) electrons. The summed E-state index contributed by atoms with van der Waals surface area (Å²) in [5.74, 6) is -6.62. The van der Waals surface area contributed by atoms with Gasteiger partial charge in [0.1, 0.15) is 11.5 Å². The lowest BCUT2D eigenvalue weighted by Gasteiger charge is -2.24. The minimum absolute atomic E-state index is 0.293. The van der Waals surface area contributed by atoms with E-state index in [1.54, 1.807) is 0 Å². The molecule has 0 aromatic rings. The lowest BCUT2D eigenvalue weighted by atomic mass is 9.83. The third kappa shape index (κ3) is 3.44. The van der Waals surface area contributed by atoms with Crippen molar-refractivity contribution in [2.24, 2.45) is 5.92 Å². The lowest BCUT2D eigenvalue weighted by Crippen LogP contribution is -2.33. The maximum atomic E-state index is 12.6. The van der Waals surface area contributed by atoms with Gasteiger partial charge in [-0.25, -0.2) is 4.79 Å². The summed E-state index contributed by atoms with van der Waals surface area (Å²) >= 11 is 0. The Hall–Kier alpha value is -2.26. The van der Waals surface area contributed by atoms with Crippen LogP contribution in [0.1, 0.15) is 0 Å². The molecular weight excluding hydrogens is 310 g/mol. The summed E-state index contributed by atoms with van der Waals surface area (Å²) < 4.78 is 75.6. The Labute approximate surface area is 112 Å². The standard InChI is InChI=1S/C11H6F6O4/c12-10(13,14)7(11(15,16)17)4-2-1-3-5(8(18)19)6(4)9(20)21/h1-3,6H,(H,18,19)(H,20,21). The molecule has 0 saturated heterocycles. The number of allylic oxidation sites excluding steroid dienone is 4. The first-order chi connectivity index (χ1) is 9.37. The molecule has 0 bridgehead atoms. The first kappa shape index (κ1) is 16.8. The third-order valence-electron chi connectivity index (χ3n) is 2.52. The van der Waals surface area contributed by atoms with Crippen LogP contribution in [0.2, 0.25) is 0 Å². The molecule has 1 aliphatic rings. The van der Waals surface area contributed by atoms with Crippen LogP contribution in [0, 0.1) is 5.92 Å².